The molecule has 3 aromatic heterocycles. The fraction of sp³-hybridized carbons (Fsp3) is 0.0510. The number of aromatic nitrogens is 6. The van der Waals surface area contributed by atoms with Gasteiger partial charge in [-0.1, -0.05) is 211 Å². The van der Waals surface area contributed by atoms with Gasteiger partial charge in [-0.05, 0) is 55.8 Å². The number of anilines is 6. The first-order chi connectivity index (χ1) is 57.0. The van der Waals surface area contributed by atoms with Crippen LogP contribution in [0.4, 0.5) is 34.1 Å². The monoisotopic (exact) mass is 2090 g/mol. The van der Waals surface area contributed by atoms with Gasteiger partial charge in [0.25, 0.3) is 0 Å². The molecule has 3 aliphatic rings. The van der Waals surface area contributed by atoms with E-state index in [-0.39, 0.29) is 63.2 Å². The summed E-state index contributed by atoms with van der Waals surface area (Å²) in [5.41, 5.74) is 17.2. The smallest absolute Gasteiger partial charge is 0.0952 e. The van der Waals surface area contributed by atoms with Crippen molar-refractivity contribution in [2.45, 2.75) is 13.8 Å². The van der Waals surface area contributed by atoms with Crippen molar-refractivity contribution in [1.82, 2.24) is 28.7 Å². The maximum atomic E-state index is 6.24. The number of hydrogen-bond acceptors (Lipinski definition) is 15. The van der Waals surface area contributed by atoms with Crippen molar-refractivity contribution in [3.8, 4) is 114 Å². The Morgan fingerprint density at radius 2 is 0.664 bits per heavy atom. The predicted molar refractivity (Wildman–Crippen MR) is 462 cm³/mol. The molecule has 6 heterocycles. The standard InChI is InChI=1S/C36H26N5O.C32H26N5O.C30H22N5O.3Pt/c1-39-35(28-15-7-3-8-16-28)34(27-13-5-2-6-14-27)38-36(39)29-17-11-21-32(23-29)42-33-22-12-20-31(24-33)41-26-40(25-37-41)30-18-9-4-10-19-30;1-23-31(25-12-6-4-7-13-25)33-32(35(23)3)26-14-10-18-29(20-26)38-30-19-11-17-28(21-30)37-22-36(24(2)34-37)27-15-8-5-9-16-27;1-33-20-29(23-10-4-2-5-11-23)32-30(33)24-12-8-16-27(18-24)36-28-17-9-15-26(19-28)35-22-34(21-31-35)25-13-6-3-7-14-25;;;/h2-22,25-26H,1H3;4-19,22H,1-3H3;2-17,20-22H,1H3;;;/q3*-3;;;. The van der Waals surface area contributed by atoms with E-state index in [1.165, 1.54) is 0 Å². The van der Waals surface area contributed by atoms with Gasteiger partial charge in [-0.25, -0.2) is 0 Å². The summed E-state index contributed by atoms with van der Waals surface area (Å²) in [4.78, 5) is 20.8. The van der Waals surface area contributed by atoms with Crippen LogP contribution < -0.4 is 43.9 Å². The molecule has 0 unspecified atom stereocenters. The number of nitrogens with zero attached hydrogens (tertiary/aromatic N) is 15. The molecule has 0 aliphatic carbocycles. The van der Waals surface area contributed by atoms with Gasteiger partial charge in [0.1, 0.15) is 0 Å². The summed E-state index contributed by atoms with van der Waals surface area (Å²) < 4.78 is 24.8. The molecule has 119 heavy (non-hydrogen) atoms. The summed E-state index contributed by atoms with van der Waals surface area (Å²) in [5.74, 6) is 6.81. The maximum absolute atomic E-state index is 6.24. The van der Waals surface area contributed by atoms with Crippen LogP contribution in [-0.2, 0) is 84.3 Å². The Hall–Kier alpha value is -13.2. The first-order valence-electron chi connectivity index (χ1n) is 37.6. The van der Waals surface area contributed by atoms with E-state index in [0.717, 1.165) is 125 Å². The van der Waals surface area contributed by atoms with Gasteiger partial charge >= 0.3 is 0 Å². The molecule has 0 amide bonds. The Bertz CT molecular complexity index is 6180. The van der Waals surface area contributed by atoms with Crippen LogP contribution in [-0.4, -0.2) is 47.2 Å². The molecular formula is C98H74N15O3Pt3-9. The average molecular weight is 2100 g/mol. The van der Waals surface area contributed by atoms with E-state index in [0.29, 0.717) is 34.5 Å². The largest absolute Gasteiger partial charge is 0.503 e. The molecule has 0 fully saturated rings. The summed E-state index contributed by atoms with van der Waals surface area (Å²) >= 11 is 0. The SMILES string of the molecule is CC1=NN(c2[c-]c(Oc3[c-]c(-c4nc(-c5ccccc5)c(C)n4C)ccc3)ccc2)[CH-]N1c1ccccc1.Cn1c(-c2[c-]c(Oc3[c-]c(N4[CH-]N(c5ccccc5)C=N4)ccc3)ccc2)nc(-c2ccccc2)c1-c1ccccc1.Cn1cc(-c2ccccc2)nc1-c1[c-]c(Oc2[c-]c(N3[CH-]N(c4ccccc4)C=N3)ccc2)ccc1.[Pt].[Pt].[Pt]. The Morgan fingerprint density at radius 1 is 0.311 bits per heavy atom. The van der Waals surface area contributed by atoms with Crippen molar-refractivity contribution in [3.63, 3.8) is 0 Å². The zero-order chi connectivity index (χ0) is 78.7. The summed E-state index contributed by atoms with van der Waals surface area (Å²) in [6.45, 7) is 9.82. The van der Waals surface area contributed by atoms with E-state index >= 15 is 0 Å². The van der Waals surface area contributed by atoms with E-state index in [9.17, 15) is 0 Å². The second-order valence-corrected chi connectivity index (χ2v) is 27.1. The molecule has 0 N–H and O–H groups in total. The van der Waals surface area contributed by atoms with Gasteiger partial charge in [0.15, 0.2) is 0 Å². The Balaban J connectivity index is 0.000000145. The minimum atomic E-state index is 0. The quantitative estimate of drug-likeness (QED) is 0.0713. The average Bonchev–Trinajstić information content (AvgIpc) is 1.61. The van der Waals surface area contributed by atoms with Crippen molar-refractivity contribution in [2.24, 2.45) is 36.4 Å². The predicted octanol–water partition coefficient (Wildman–Crippen LogP) is 22.0. The molecule has 0 spiro atoms. The number of amidine groups is 1. The van der Waals surface area contributed by atoms with E-state index in [2.05, 4.69) is 128 Å². The van der Waals surface area contributed by atoms with E-state index < -0.39 is 0 Å². The number of hydrogen-bond donors (Lipinski definition) is 0. The minimum Gasteiger partial charge on any atom is -0.503 e. The molecule has 598 valence electrons. The summed E-state index contributed by atoms with van der Waals surface area (Å²) in [7, 11) is 6.05. The number of ether oxygens (including phenoxy) is 3. The molecule has 0 atom stereocenters. The molecule has 0 bridgehead atoms. The second-order valence-electron chi connectivity index (χ2n) is 27.1. The van der Waals surface area contributed by atoms with Crippen LogP contribution in [0.1, 0.15) is 12.6 Å². The molecule has 0 saturated heterocycles. The van der Waals surface area contributed by atoms with Gasteiger partial charge in [0.05, 0.1) is 58.8 Å². The van der Waals surface area contributed by atoms with Crippen molar-refractivity contribution in [1.29, 1.82) is 0 Å². The molecule has 0 saturated carbocycles. The topological polar surface area (TPSA) is 138 Å². The van der Waals surface area contributed by atoms with Crippen molar-refractivity contribution < 1.29 is 77.4 Å². The van der Waals surface area contributed by atoms with Gasteiger partial charge in [-0.15, -0.1) is 146 Å². The Labute approximate surface area is 736 Å². The summed E-state index contributed by atoms with van der Waals surface area (Å²) in [6.07, 6.45) is 5.56. The second kappa shape index (κ2) is 38.2. The van der Waals surface area contributed by atoms with Crippen molar-refractivity contribution in [2.75, 3.05) is 29.7 Å². The maximum Gasteiger partial charge on any atom is 0.0952 e. The van der Waals surface area contributed by atoms with Crippen LogP contribution in [0.2, 0.25) is 0 Å². The molecular weight excluding hydrogens is 2020 g/mol. The summed E-state index contributed by atoms with van der Waals surface area (Å²) in [6, 6.07) is 126. The fourth-order valence-corrected chi connectivity index (χ4v) is 13.4. The molecule has 19 rings (SSSR count). The summed E-state index contributed by atoms with van der Waals surface area (Å²) in [5, 5.41) is 19.0. The van der Waals surface area contributed by atoms with Crippen molar-refractivity contribution >= 4 is 52.6 Å². The van der Waals surface area contributed by atoms with Crippen LogP contribution in [0.3, 0.4) is 0 Å². The third-order valence-electron chi connectivity index (χ3n) is 19.3. The minimum absolute atomic E-state index is 0. The molecule has 3 aliphatic heterocycles. The van der Waals surface area contributed by atoms with Crippen LogP contribution in [0.25, 0.3) is 79.2 Å². The number of rotatable bonds is 19. The van der Waals surface area contributed by atoms with Gasteiger partial charge in [-0.2, -0.15) is 33.5 Å². The van der Waals surface area contributed by atoms with Gasteiger partial charge in [-0.3, -0.25) is 15.0 Å². The van der Waals surface area contributed by atoms with Crippen LogP contribution in [0.5, 0.6) is 34.5 Å². The zero-order valence-electron chi connectivity index (χ0n) is 64.9. The molecule has 16 aromatic rings. The van der Waals surface area contributed by atoms with Gasteiger partial charge < -0.3 is 57.6 Å². The van der Waals surface area contributed by atoms with E-state index in [1.54, 1.807) is 27.7 Å². The Morgan fingerprint density at radius 3 is 1.11 bits per heavy atom. The first-order valence-corrected chi connectivity index (χ1v) is 37.6. The third-order valence-corrected chi connectivity index (χ3v) is 19.3. The number of para-hydroxylation sites is 3. The van der Waals surface area contributed by atoms with Gasteiger partial charge in [0, 0.05) is 164 Å². The first kappa shape index (κ1) is 82.3. The van der Waals surface area contributed by atoms with E-state index in [4.69, 9.17) is 29.2 Å². The van der Waals surface area contributed by atoms with Crippen molar-refractivity contribution in [3.05, 3.63) is 390 Å². The number of hydrazone groups is 3. The van der Waals surface area contributed by atoms with Gasteiger partial charge in [0.2, 0.25) is 0 Å². The number of imidazole rings is 3. The van der Waals surface area contributed by atoms with Crippen LogP contribution in [0, 0.1) is 63.3 Å². The van der Waals surface area contributed by atoms with Crippen LogP contribution in [0.15, 0.2) is 343 Å². The fourth-order valence-electron chi connectivity index (χ4n) is 13.4. The number of aryl methyl sites for hydroxylation is 1. The van der Waals surface area contributed by atoms with Crippen LogP contribution >= 0.6 is 0 Å². The Kier molecular flexibility index (Phi) is 26.4. The molecule has 18 nitrogen and oxygen atoms in total. The molecule has 21 heteroatoms. The molecule has 0 radical (unpaired) electrons. The molecule has 13 aromatic carbocycles. The van der Waals surface area contributed by atoms with E-state index in [1.807, 2.05) is 334 Å². The number of benzene rings is 13. The normalized spacial score (nSPS) is 12.5. The zero-order valence-corrected chi connectivity index (χ0v) is 71.8. The third kappa shape index (κ3) is 19.1.